The van der Waals surface area contributed by atoms with Gasteiger partial charge in [-0.1, -0.05) is 80.1 Å². The van der Waals surface area contributed by atoms with Gasteiger partial charge in [0.2, 0.25) is 4.96 Å². The number of rotatable bonds is 5. The first-order valence-electron chi connectivity index (χ1n) is 9.08. The fraction of sp³-hybridized carbons (Fsp3) is 0.286. The summed E-state index contributed by atoms with van der Waals surface area (Å²) in [7, 11) is 0. The van der Waals surface area contributed by atoms with Crippen LogP contribution in [0.4, 0.5) is 0 Å². The lowest BCUT2D eigenvalue weighted by Gasteiger charge is -2.10. The van der Waals surface area contributed by atoms with E-state index in [4.69, 9.17) is 16.7 Å². The largest absolute Gasteiger partial charge is 0.234 e. The van der Waals surface area contributed by atoms with Crippen LogP contribution in [0.2, 0.25) is 5.02 Å². The topological polar surface area (TPSA) is 43.1 Å². The zero-order valence-electron chi connectivity index (χ0n) is 15.6. The van der Waals surface area contributed by atoms with Crippen molar-refractivity contribution in [3.63, 3.8) is 0 Å². The fourth-order valence-electron chi connectivity index (χ4n) is 3.17. The molecule has 4 aromatic rings. The van der Waals surface area contributed by atoms with Gasteiger partial charge in [-0.2, -0.15) is 9.61 Å². The van der Waals surface area contributed by atoms with Crippen LogP contribution in [-0.2, 0) is 6.42 Å². The smallest absolute Gasteiger partial charge is 0.183 e. The number of halogens is 1. The van der Waals surface area contributed by atoms with E-state index >= 15 is 0 Å². The molecule has 0 aliphatic carbocycles. The third-order valence-electron chi connectivity index (χ3n) is 4.58. The average molecular weight is 397 g/mol. The normalized spacial score (nSPS) is 12.8. The molecule has 0 saturated heterocycles. The van der Waals surface area contributed by atoms with Crippen LogP contribution in [0.15, 0.2) is 48.5 Å². The van der Waals surface area contributed by atoms with Crippen LogP contribution < -0.4 is 0 Å². The first kappa shape index (κ1) is 18.1. The molecule has 4 rings (SSSR count). The molecule has 0 aliphatic heterocycles. The Morgan fingerprint density at radius 1 is 1.04 bits per heavy atom. The van der Waals surface area contributed by atoms with Crippen molar-refractivity contribution in [2.24, 2.45) is 5.92 Å². The van der Waals surface area contributed by atoms with Gasteiger partial charge in [0.15, 0.2) is 5.82 Å². The summed E-state index contributed by atoms with van der Waals surface area (Å²) in [4.78, 5) is 0.795. The highest BCUT2D eigenvalue weighted by Gasteiger charge is 2.18. The van der Waals surface area contributed by atoms with Gasteiger partial charge in [0, 0.05) is 16.5 Å². The molecule has 1 atom stereocenters. The maximum absolute atomic E-state index is 6.12. The molecule has 4 nitrogen and oxygen atoms in total. The van der Waals surface area contributed by atoms with Crippen LogP contribution in [0.1, 0.15) is 42.8 Å². The predicted octanol–water partition coefficient (Wildman–Crippen LogP) is 5.86. The van der Waals surface area contributed by atoms with E-state index in [0.717, 1.165) is 27.8 Å². The number of hydrogen-bond donors (Lipinski definition) is 0. The Morgan fingerprint density at radius 2 is 1.81 bits per heavy atom. The Kier molecular flexibility index (Phi) is 4.98. The maximum atomic E-state index is 6.12. The summed E-state index contributed by atoms with van der Waals surface area (Å²) in [6.45, 7) is 6.67. The second-order valence-electron chi connectivity index (χ2n) is 7.23. The fourth-order valence-corrected chi connectivity index (χ4v) is 4.28. The summed E-state index contributed by atoms with van der Waals surface area (Å²) in [5.74, 6) is 1.59. The number of nitrogens with zero attached hydrogens (tertiary/aromatic N) is 4. The molecule has 2 aromatic heterocycles. The van der Waals surface area contributed by atoms with Crippen molar-refractivity contribution < 1.29 is 0 Å². The zero-order valence-corrected chi connectivity index (χ0v) is 17.1. The Bertz CT molecular complexity index is 1070. The van der Waals surface area contributed by atoms with E-state index in [1.165, 1.54) is 11.1 Å². The number of aromatic nitrogens is 4. The summed E-state index contributed by atoms with van der Waals surface area (Å²) < 4.78 is 1.81. The molecule has 0 fully saturated rings. The summed E-state index contributed by atoms with van der Waals surface area (Å²) >= 11 is 7.70. The van der Waals surface area contributed by atoms with Crippen molar-refractivity contribution in [2.75, 3.05) is 0 Å². The lowest BCUT2D eigenvalue weighted by atomic mass is 9.97. The van der Waals surface area contributed by atoms with E-state index in [-0.39, 0.29) is 5.92 Å². The maximum Gasteiger partial charge on any atom is 0.234 e. The molecular weight excluding hydrogens is 376 g/mol. The van der Waals surface area contributed by atoms with Crippen molar-refractivity contribution in [2.45, 2.75) is 33.1 Å². The van der Waals surface area contributed by atoms with Crippen molar-refractivity contribution in [3.05, 3.63) is 69.7 Å². The third kappa shape index (κ3) is 3.75. The third-order valence-corrected chi connectivity index (χ3v) is 5.90. The quantitative estimate of drug-likeness (QED) is 0.424. The Hall–Kier alpha value is -2.24. The van der Waals surface area contributed by atoms with E-state index in [1.807, 2.05) is 28.8 Å². The number of hydrogen-bond acceptors (Lipinski definition) is 4. The Balaban J connectivity index is 1.64. The molecule has 2 aromatic carbocycles. The summed E-state index contributed by atoms with van der Waals surface area (Å²) in [6, 6.07) is 16.5. The lowest BCUT2D eigenvalue weighted by Crippen LogP contribution is -1.99. The highest BCUT2D eigenvalue weighted by Crippen LogP contribution is 2.30. The highest BCUT2D eigenvalue weighted by atomic mass is 35.5. The van der Waals surface area contributed by atoms with Gasteiger partial charge >= 0.3 is 0 Å². The van der Waals surface area contributed by atoms with Gasteiger partial charge in [0.05, 0.1) is 0 Å². The van der Waals surface area contributed by atoms with Gasteiger partial charge in [-0.15, -0.1) is 10.2 Å². The molecule has 0 bridgehead atoms. The predicted molar refractivity (Wildman–Crippen MR) is 112 cm³/mol. The molecule has 27 heavy (non-hydrogen) atoms. The lowest BCUT2D eigenvalue weighted by molar-refractivity contribution is 0.647. The van der Waals surface area contributed by atoms with E-state index in [1.54, 1.807) is 11.3 Å². The minimum atomic E-state index is 0.206. The number of benzene rings is 2. The first-order valence-corrected chi connectivity index (χ1v) is 10.3. The summed E-state index contributed by atoms with van der Waals surface area (Å²) in [5.41, 5.74) is 3.55. The van der Waals surface area contributed by atoms with Gasteiger partial charge < -0.3 is 0 Å². The molecule has 6 heteroatoms. The van der Waals surface area contributed by atoms with Crippen LogP contribution in [0.3, 0.4) is 0 Å². The van der Waals surface area contributed by atoms with E-state index < -0.39 is 0 Å². The van der Waals surface area contributed by atoms with Gasteiger partial charge in [0.1, 0.15) is 5.01 Å². The molecule has 138 valence electrons. The SMILES string of the molecule is CC(C)Cc1ccc([C@H](C)c2nn3c(-c4cccc(Cl)c4)nnc3s2)cc1. The summed E-state index contributed by atoms with van der Waals surface area (Å²) in [6.07, 6.45) is 1.11. The molecule has 0 unspecified atom stereocenters. The van der Waals surface area contributed by atoms with Gasteiger partial charge in [-0.25, -0.2) is 0 Å². The molecule has 0 aliphatic rings. The molecule has 0 N–H and O–H groups in total. The van der Waals surface area contributed by atoms with Crippen LogP contribution in [0, 0.1) is 5.92 Å². The second kappa shape index (κ2) is 7.41. The average Bonchev–Trinajstić information content (AvgIpc) is 3.22. The molecule has 0 saturated carbocycles. The van der Waals surface area contributed by atoms with Crippen LogP contribution in [0.25, 0.3) is 16.3 Å². The van der Waals surface area contributed by atoms with E-state index in [2.05, 4.69) is 55.2 Å². The van der Waals surface area contributed by atoms with Gasteiger partial charge in [-0.05, 0) is 35.6 Å². The molecular formula is C21H21ClN4S. The first-order chi connectivity index (χ1) is 13.0. The molecule has 0 amide bonds. The van der Waals surface area contributed by atoms with Crippen molar-refractivity contribution in [3.8, 4) is 11.4 Å². The molecule has 0 radical (unpaired) electrons. The van der Waals surface area contributed by atoms with Crippen molar-refractivity contribution >= 4 is 27.9 Å². The van der Waals surface area contributed by atoms with Crippen LogP contribution in [0.5, 0.6) is 0 Å². The van der Waals surface area contributed by atoms with Crippen molar-refractivity contribution in [1.29, 1.82) is 0 Å². The van der Waals surface area contributed by atoms with Gasteiger partial charge in [-0.3, -0.25) is 0 Å². The monoisotopic (exact) mass is 396 g/mol. The minimum absolute atomic E-state index is 0.206. The van der Waals surface area contributed by atoms with Gasteiger partial charge in [0.25, 0.3) is 0 Å². The minimum Gasteiger partial charge on any atom is -0.183 e. The Labute approximate surface area is 167 Å². The molecule has 2 heterocycles. The van der Waals surface area contributed by atoms with E-state index in [9.17, 15) is 0 Å². The molecule has 0 spiro atoms. The standard InChI is InChI=1S/C21H21ClN4S/c1-13(2)11-15-7-9-16(10-8-15)14(3)20-25-26-19(23-24-21(26)27-20)17-5-4-6-18(22)12-17/h4-10,12-14H,11H2,1-3H3/t14-/m0/s1. The zero-order chi connectivity index (χ0) is 19.0. The Morgan fingerprint density at radius 3 is 2.52 bits per heavy atom. The number of fused-ring (bicyclic) bond motifs is 1. The van der Waals surface area contributed by atoms with Crippen LogP contribution >= 0.6 is 22.9 Å². The van der Waals surface area contributed by atoms with Crippen LogP contribution in [-0.4, -0.2) is 19.8 Å². The highest BCUT2D eigenvalue weighted by molar-refractivity contribution is 7.16. The van der Waals surface area contributed by atoms with E-state index in [0.29, 0.717) is 10.9 Å². The summed E-state index contributed by atoms with van der Waals surface area (Å²) in [5, 5.41) is 15.1. The van der Waals surface area contributed by atoms with Crippen molar-refractivity contribution in [1.82, 2.24) is 19.8 Å². The second-order valence-corrected chi connectivity index (χ2v) is 8.65.